The van der Waals surface area contributed by atoms with Crippen LogP contribution in [-0.4, -0.2) is 34.7 Å². The van der Waals surface area contributed by atoms with Crippen LogP contribution in [0.2, 0.25) is 0 Å². The minimum atomic E-state index is -0.999. The Kier molecular flexibility index (Phi) is 4.09. The van der Waals surface area contributed by atoms with E-state index >= 15 is 0 Å². The summed E-state index contributed by atoms with van der Waals surface area (Å²) in [6.45, 7) is -0.257. The van der Waals surface area contributed by atoms with Gasteiger partial charge in [-0.25, -0.2) is 14.4 Å². The van der Waals surface area contributed by atoms with Crippen molar-refractivity contribution < 1.29 is 19.0 Å². The van der Waals surface area contributed by atoms with Crippen molar-refractivity contribution in [1.29, 1.82) is 0 Å². The number of carboxylic acid groups (broad SMARTS) is 1. The molecule has 0 unspecified atom stereocenters. The Bertz CT molecular complexity index is 634. The number of aliphatic carboxylic acids is 1. The quantitative estimate of drug-likeness (QED) is 0.866. The van der Waals surface area contributed by atoms with Crippen LogP contribution in [0.4, 0.5) is 10.2 Å². The summed E-state index contributed by atoms with van der Waals surface area (Å²) in [4.78, 5) is 18.6. The van der Waals surface area contributed by atoms with E-state index in [-0.39, 0.29) is 12.3 Å². The van der Waals surface area contributed by atoms with E-state index < -0.39 is 11.8 Å². The summed E-state index contributed by atoms with van der Waals surface area (Å²) in [5, 5.41) is 11.2. The van der Waals surface area contributed by atoms with Gasteiger partial charge in [0.05, 0.1) is 7.11 Å². The van der Waals surface area contributed by atoms with Crippen molar-refractivity contribution in [3.63, 3.8) is 0 Å². The summed E-state index contributed by atoms with van der Waals surface area (Å²) in [7, 11) is 1.38. The van der Waals surface area contributed by atoms with Gasteiger partial charge in [-0.2, -0.15) is 0 Å². The van der Waals surface area contributed by atoms with Crippen LogP contribution in [0.15, 0.2) is 30.5 Å². The molecule has 0 fully saturated rings. The van der Waals surface area contributed by atoms with Crippen LogP contribution in [0.5, 0.6) is 5.75 Å². The molecule has 0 atom stereocenters. The molecule has 1 aromatic heterocycles. The second-order valence-corrected chi connectivity index (χ2v) is 3.86. The molecule has 7 heteroatoms. The number of nitrogens with one attached hydrogen (secondary N) is 1. The molecule has 2 rings (SSSR count). The van der Waals surface area contributed by atoms with Crippen LogP contribution in [0.3, 0.4) is 0 Å². The van der Waals surface area contributed by atoms with Gasteiger partial charge in [0.15, 0.2) is 17.4 Å². The zero-order valence-corrected chi connectivity index (χ0v) is 10.6. The number of benzene rings is 1. The van der Waals surface area contributed by atoms with Gasteiger partial charge in [-0.15, -0.1) is 0 Å². The van der Waals surface area contributed by atoms with Crippen molar-refractivity contribution >= 4 is 11.8 Å². The van der Waals surface area contributed by atoms with Gasteiger partial charge in [0.25, 0.3) is 0 Å². The Morgan fingerprint density at radius 1 is 1.45 bits per heavy atom. The number of carboxylic acids is 1. The monoisotopic (exact) mass is 277 g/mol. The number of rotatable bonds is 5. The second-order valence-electron chi connectivity index (χ2n) is 3.86. The maximum absolute atomic E-state index is 13.6. The van der Waals surface area contributed by atoms with E-state index in [2.05, 4.69) is 15.3 Å². The molecule has 2 aromatic rings. The third-order valence-corrected chi connectivity index (χ3v) is 2.49. The smallest absolute Gasteiger partial charge is 0.322 e. The number of aromatic nitrogens is 2. The number of anilines is 1. The van der Waals surface area contributed by atoms with Gasteiger partial charge < -0.3 is 15.2 Å². The molecule has 1 aromatic carbocycles. The van der Waals surface area contributed by atoms with Gasteiger partial charge in [-0.05, 0) is 24.3 Å². The zero-order chi connectivity index (χ0) is 14.5. The molecule has 0 aliphatic carbocycles. The molecule has 0 bridgehead atoms. The number of halogens is 1. The summed E-state index contributed by atoms with van der Waals surface area (Å²) < 4.78 is 18.4. The highest BCUT2D eigenvalue weighted by atomic mass is 19.1. The van der Waals surface area contributed by atoms with E-state index in [0.717, 1.165) is 0 Å². The van der Waals surface area contributed by atoms with Crippen LogP contribution < -0.4 is 10.1 Å². The van der Waals surface area contributed by atoms with E-state index in [1.165, 1.54) is 31.5 Å². The lowest BCUT2D eigenvalue weighted by Crippen LogP contribution is -2.13. The summed E-state index contributed by atoms with van der Waals surface area (Å²) in [6, 6.07) is 5.89. The minimum absolute atomic E-state index is 0.133. The van der Waals surface area contributed by atoms with Gasteiger partial charge in [0.2, 0.25) is 0 Å². The first-order chi connectivity index (χ1) is 9.60. The fourth-order valence-electron chi connectivity index (χ4n) is 1.57. The van der Waals surface area contributed by atoms with Crippen molar-refractivity contribution in [3.8, 4) is 17.1 Å². The standard InChI is InChI=1S/C13H12FN3O3/c1-20-10-3-2-8(6-9(10)14)13-15-5-4-11(17-13)16-7-12(18)19/h2-6H,7H2,1H3,(H,18,19)(H,15,16,17). The fraction of sp³-hybridized carbons (Fsp3) is 0.154. The van der Waals surface area contributed by atoms with Gasteiger partial charge in [0, 0.05) is 11.8 Å². The molecule has 6 nitrogen and oxygen atoms in total. The third kappa shape index (κ3) is 3.19. The first kappa shape index (κ1) is 13.7. The van der Waals surface area contributed by atoms with Crippen molar-refractivity contribution in [2.45, 2.75) is 0 Å². The number of hydrogen-bond acceptors (Lipinski definition) is 5. The normalized spacial score (nSPS) is 10.1. The molecule has 0 saturated heterocycles. The number of nitrogens with zero attached hydrogens (tertiary/aromatic N) is 2. The SMILES string of the molecule is COc1ccc(-c2nccc(NCC(=O)O)n2)cc1F. The number of ether oxygens (including phenoxy) is 1. The Hall–Kier alpha value is -2.70. The van der Waals surface area contributed by atoms with E-state index in [1.54, 1.807) is 6.07 Å². The molecule has 1 heterocycles. The van der Waals surface area contributed by atoms with E-state index in [1.807, 2.05) is 0 Å². The van der Waals surface area contributed by atoms with Gasteiger partial charge >= 0.3 is 5.97 Å². The topological polar surface area (TPSA) is 84.3 Å². The molecule has 0 spiro atoms. The predicted octanol–water partition coefficient (Wildman–Crippen LogP) is 1.79. The molecule has 0 aliphatic rings. The predicted molar refractivity (Wildman–Crippen MR) is 70.1 cm³/mol. The van der Waals surface area contributed by atoms with Crippen molar-refractivity contribution in [2.24, 2.45) is 0 Å². The maximum atomic E-state index is 13.6. The van der Waals surface area contributed by atoms with Crippen LogP contribution >= 0.6 is 0 Å². The number of hydrogen-bond donors (Lipinski definition) is 2. The molecule has 0 saturated carbocycles. The number of methoxy groups -OCH3 is 1. The van der Waals surface area contributed by atoms with E-state index in [4.69, 9.17) is 9.84 Å². The molecule has 2 N–H and O–H groups in total. The molecule has 0 aliphatic heterocycles. The molecule has 0 radical (unpaired) electrons. The second kappa shape index (κ2) is 5.96. The summed E-state index contributed by atoms with van der Waals surface area (Å²) in [5.41, 5.74) is 0.474. The Morgan fingerprint density at radius 2 is 2.25 bits per heavy atom. The largest absolute Gasteiger partial charge is 0.494 e. The highest BCUT2D eigenvalue weighted by molar-refractivity contribution is 5.72. The van der Waals surface area contributed by atoms with Crippen molar-refractivity contribution in [1.82, 2.24) is 9.97 Å². The van der Waals surface area contributed by atoms with Crippen LogP contribution in [0.25, 0.3) is 11.4 Å². The third-order valence-electron chi connectivity index (χ3n) is 2.49. The summed E-state index contributed by atoms with van der Waals surface area (Å²) in [6.07, 6.45) is 1.47. The Labute approximate surface area is 114 Å². The Balaban J connectivity index is 2.26. The average molecular weight is 277 g/mol. The number of carbonyl (C=O) groups is 1. The lowest BCUT2D eigenvalue weighted by Gasteiger charge is -2.06. The van der Waals surface area contributed by atoms with E-state index in [9.17, 15) is 9.18 Å². The maximum Gasteiger partial charge on any atom is 0.322 e. The molecular weight excluding hydrogens is 265 g/mol. The molecule has 104 valence electrons. The molecule has 20 heavy (non-hydrogen) atoms. The summed E-state index contributed by atoms with van der Waals surface area (Å²) in [5.74, 6) is -0.734. The average Bonchev–Trinajstić information content (AvgIpc) is 2.45. The molecule has 0 amide bonds. The van der Waals surface area contributed by atoms with Gasteiger partial charge in [-0.1, -0.05) is 0 Å². The summed E-state index contributed by atoms with van der Waals surface area (Å²) >= 11 is 0. The first-order valence-corrected chi connectivity index (χ1v) is 5.73. The zero-order valence-electron chi connectivity index (χ0n) is 10.6. The van der Waals surface area contributed by atoms with Crippen LogP contribution in [0.1, 0.15) is 0 Å². The van der Waals surface area contributed by atoms with Crippen molar-refractivity contribution in [2.75, 3.05) is 19.0 Å². The lowest BCUT2D eigenvalue weighted by molar-refractivity contribution is -0.134. The first-order valence-electron chi connectivity index (χ1n) is 5.73. The van der Waals surface area contributed by atoms with Crippen LogP contribution in [0, 0.1) is 5.82 Å². The highest BCUT2D eigenvalue weighted by Gasteiger charge is 2.08. The lowest BCUT2D eigenvalue weighted by atomic mass is 10.2. The Morgan fingerprint density at radius 3 is 2.90 bits per heavy atom. The van der Waals surface area contributed by atoms with Crippen molar-refractivity contribution in [3.05, 3.63) is 36.3 Å². The minimum Gasteiger partial charge on any atom is -0.494 e. The fourth-order valence-corrected chi connectivity index (χ4v) is 1.57. The van der Waals surface area contributed by atoms with Gasteiger partial charge in [0.1, 0.15) is 12.4 Å². The highest BCUT2D eigenvalue weighted by Crippen LogP contribution is 2.23. The molecular formula is C13H12FN3O3. The van der Waals surface area contributed by atoms with Crippen LogP contribution in [-0.2, 0) is 4.79 Å². The van der Waals surface area contributed by atoms with Gasteiger partial charge in [-0.3, -0.25) is 4.79 Å². The van der Waals surface area contributed by atoms with E-state index in [0.29, 0.717) is 17.2 Å².